The number of aliphatic carboxylic acids is 1. The summed E-state index contributed by atoms with van der Waals surface area (Å²) in [5, 5.41) is 26.0. The molecule has 32 heavy (non-hydrogen) atoms. The number of hydrogen-bond donors (Lipinski definition) is 7. The average Bonchev–Trinajstić information content (AvgIpc) is 2.67. The molecule has 12 heteroatoms. The third-order valence-electron chi connectivity index (χ3n) is 4.52. The molecular weight excluding hydrogens is 422 g/mol. The van der Waals surface area contributed by atoms with Crippen molar-refractivity contribution in [3.63, 3.8) is 0 Å². The molecular formula is C20H37N5O7. The van der Waals surface area contributed by atoms with Gasteiger partial charge in [-0.05, 0) is 31.1 Å². The Morgan fingerprint density at radius 1 is 0.781 bits per heavy atom. The van der Waals surface area contributed by atoms with E-state index in [2.05, 4.69) is 16.0 Å². The third-order valence-corrected chi connectivity index (χ3v) is 4.52. The topological polar surface area (TPSA) is 214 Å². The van der Waals surface area contributed by atoms with E-state index in [-0.39, 0.29) is 37.5 Å². The van der Waals surface area contributed by atoms with Gasteiger partial charge in [-0.15, -0.1) is 0 Å². The van der Waals surface area contributed by atoms with Crippen molar-refractivity contribution in [3.05, 3.63) is 0 Å². The number of amides is 4. The first kappa shape index (κ1) is 29.3. The highest BCUT2D eigenvalue weighted by Crippen LogP contribution is 2.08. The molecule has 0 fully saturated rings. The minimum absolute atomic E-state index is 0.00524. The molecule has 0 heterocycles. The van der Waals surface area contributed by atoms with Crippen LogP contribution in [0, 0.1) is 11.8 Å². The number of nitrogens with one attached hydrogen (secondary N) is 3. The molecule has 184 valence electrons. The van der Waals surface area contributed by atoms with E-state index in [0.29, 0.717) is 0 Å². The van der Waals surface area contributed by atoms with E-state index in [1.807, 2.05) is 13.8 Å². The minimum atomic E-state index is -1.41. The highest BCUT2D eigenvalue weighted by molar-refractivity contribution is 5.94. The molecule has 0 aromatic heterocycles. The minimum Gasteiger partial charge on any atom is -0.480 e. The number of aliphatic hydroxyl groups is 1. The Balaban J connectivity index is 5.22. The largest absolute Gasteiger partial charge is 0.480 e. The SMILES string of the molecule is CC(C)CC(NC(=O)C(CO)NC(=O)C(CC(C)C)NC(=O)C(N)CCC(N)=O)C(=O)O. The maximum absolute atomic E-state index is 12.7. The maximum atomic E-state index is 12.7. The van der Waals surface area contributed by atoms with Crippen LogP contribution < -0.4 is 27.4 Å². The van der Waals surface area contributed by atoms with Gasteiger partial charge in [0.15, 0.2) is 0 Å². The highest BCUT2D eigenvalue weighted by Gasteiger charge is 2.30. The van der Waals surface area contributed by atoms with Crippen molar-refractivity contribution in [2.45, 2.75) is 77.5 Å². The Hall–Kier alpha value is -2.73. The van der Waals surface area contributed by atoms with Crippen molar-refractivity contribution in [1.29, 1.82) is 0 Å². The summed E-state index contributed by atoms with van der Waals surface area (Å²) in [6.07, 6.45) is 0.294. The number of carbonyl (C=O) groups is 5. The van der Waals surface area contributed by atoms with Crippen LogP contribution in [-0.2, 0) is 24.0 Å². The fourth-order valence-electron chi connectivity index (χ4n) is 2.84. The first-order chi connectivity index (χ1) is 14.8. The fourth-order valence-corrected chi connectivity index (χ4v) is 2.84. The number of rotatable bonds is 15. The van der Waals surface area contributed by atoms with Crippen molar-refractivity contribution in [3.8, 4) is 0 Å². The van der Waals surface area contributed by atoms with E-state index in [1.54, 1.807) is 13.8 Å². The lowest BCUT2D eigenvalue weighted by Gasteiger charge is -2.25. The van der Waals surface area contributed by atoms with Crippen molar-refractivity contribution in [2.75, 3.05) is 6.61 Å². The van der Waals surface area contributed by atoms with Crippen molar-refractivity contribution < 1.29 is 34.2 Å². The van der Waals surface area contributed by atoms with Gasteiger partial charge < -0.3 is 37.6 Å². The van der Waals surface area contributed by atoms with E-state index in [0.717, 1.165) is 0 Å². The lowest BCUT2D eigenvalue weighted by atomic mass is 10.0. The first-order valence-electron chi connectivity index (χ1n) is 10.6. The summed E-state index contributed by atoms with van der Waals surface area (Å²) in [7, 11) is 0. The first-order valence-corrected chi connectivity index (χ1v) is 10.6. The van der Waals surface area contributed by atoms with Gasteiger partial charge in [-0.3, -0.25) is 19.2 Å². The van der Waals surface area contributed by atoms with E-state index < -0.39 is 60.4 Å². The number of carboxylic acids is 1. The predicted octanol–water partition coefficient (Wildman–Crippen LogP) is -1.80. The molecule has 0 aliphatic heterocycles. The van der Waals surface area contributed by atoms with Gasteiger partial charge in [-0.2, -0.15) is 0 Å². The quantitative estimate of drug-likeness (QED) is 0.148. The molecule has 0 rings (SSSR count). The summed E-state index contributed by atoms with van der Waals surface area (Å²) in [5.41, 5.74) is 10.8. The van der Waals surface area contributed by atoms with Gasteiger partial charge in [0.05, 0.1) is 12.6 Å². The van der Waals surface area contributed by atoms with Crippen molar-refractivity contribution >= 4 is 29.6 Å². The number of primary amides is 1. The zero-order valence-corrected chi connectivity index (χ0v) is 19.1. The molecule has 0 saturated carbocycles. The van der Waals surface area contributed by atoms with Crippen molar-refractivity contribution in [2.24, 2.45) is 23.3 Å². The summed E-state index contributed by atoms with van der Waals surface area (Å²) in [6.45, 7) is 6.45. The predicted molar refractivity (Wildman–Crippen MR) is 116 cm³/mol. The molecule has 0 aromatic carbocycles. The van der Waals surface area contributed by atoms with Crippen LogP contribution in [-0.4, -0.2) is 70.6 Å². The fraction of sp³-hybridized carbons (Fsp3) is 0.750. The molecule has 0 bridgehead atoms. The molecule has 4 amide bonds. The Morgan fingerprint density at radius 2 is 1.22 bits per heavy atom. The molecule has 9 N–H and O–H groups in total. The van der Waals surface area contributed by atoms with E-state index in [9.17, 15) is 34.2 Å². The summed E-state index contributed by atoms with van der Waals surface area (Å²) in [6, 6.07) is -4.71. The molecule has 4 atom stereocenters. The molecule has 0 aliphatic rings. The lowest BCUT2D eigenvalue weighted by Crippen LogP contribution is -2.58. The number of carbonyl (C=O) groups excluding carboxylic acids is 4. The maximum Gasteiger partial charge on any atom is 0.326 e. The zero-order valence-electron chi connectivity index (χ0n) is 19.1. The van der Waals surface area contributed by atoms with Gasteiger partial charge in [0.1, 0.15) is 18.1 Å². The number of nitrogens with two attached hydrogens (primary N) is 2. The van der Waals surface area contributed by atoms with E-state index in [4.69, 9.17) is 11.5 Å². The van der Waals surface area contributed by atoms with Gasteiger partial charge in [0.25, 0.3) is 0 Å². The molecule has 0 radical (unpaired) electrons. The Labute approximate surface area is 187 Å². The summed E-state index contributed by atoms with van der Waals surface area (Å²) in [4.78, 5) is 59.7. The number of hydrogen-bond acceptors (Lipinski definition) is 7. The zero-order chi connectivity index (χ0) is 25.0. The van der Waals surface area contributed by atoms with Crippen LogP contribution in [0.1, 0.15) is 53.4 Å². The van der Waals surface area contributed by atoms with Crippen molar-refractivity contribution in [1.82, 2.24) is 16.0 Å². The second kappa shape index (κ2) is 14.4. The van der Waals surface area contributed by atoms with Gasteiger partial charge in [0, 0.05) is 6.42 Å². The third kappa shape index (κ3) is 11.6. The Morgan fingerprint density at radius 3 is 1.66 bits per heavy atom. The van der Waals surface area contributed by atoms with Gasteiger partial charge in [-0.25, -0.2) is 4.79 Å². The monoisotopic (exact) mass is 459 g/mol. The van der Waals surface area contributed by atoms with Gasteiger partial charge in [0.2, 0.25) is 23.6 Å². The lowest BCUT2D eigenvalue weighted by molar-refractivity contribution is -0.143. The molecule has 4 unspecified atom stereocenters. The number of carboxylic acid groups (broad SMARTS) is 1. The summed E-state index contributed by atoms with van der Waals surface area (Å²) >= 11 is 0. The Bertz CT molecular complexity index is 669. The summed E-state index contributed by atoms with van der Waals surface area (Å²) < 4.78 is 0. The van der Waals surface area contributed by atoms with Crippen LogP contribution in [0.3, 0.4) is 0 Å². The van der Waals surface area contributed by atoms with Crippen LogP contribution >= 0.6 is 0 Å². The summed E-state index contributed by atoms with van der Waals surface area (Å²) in [5.74, 6) is -4.14. The molecule has 12 nitrogen and oxygen atoms in total. The van der Waals surface area contributed by atoms with Crippen LogP contribution in [0.5, 0.6) is 0 Å². The second-order valence-electron chi connectivity index (χ2n) is 8.57. The highest BCUT2D eigenvalue weighted by atomic mass is 16.4. The molecule has 0 spiro atoms. The van der Waals surface area contributed by atoms with Crippen LogP contribution in [0.4, 0.5) is 0 Å². The Kier molecular flexibility index (Phi) is 13.1. The second-order valence-corrected chi connectivity index (χ2v) is 8.57. The number of aliphatic hydroxyl groups excluding tert-OH is 1. The molecule has 0 aliphatic carbocycles. The molecule has 0 aromatic rings. The van der Waals surface area contributed by atoms with E-state index >= 15 is 0 Å². The van der Waals surface area contributed by atoms with Gasteiger partial charge >= 0.3 is 5.97 Å². The van der Waals surface area contributed by atoms with Crippen LogP contribution in [0.2, 0.25) is 0 Å². The standard InChI is InChI=1S/C20H37N5O7/c1-10(2)7-13(23-17(28)12(21)5-6-16(22)27)18(29)25-15(9-26)19(30)24-14(20(31)32)8-11(3)4/h10-15,26H,5-9,21H2,1-4H3,(H2,22,27)(H,23,28)(H,24,30)(H,25,29)(H,31,32). The van der Waals surface area contributed by atoms with Gasteiger partial charge in [-0.1, -0.05) is 27.7 Å². The van der Waals surface area contributed by atoms with Crippen LogP contribution in [0.25, 0.3) is 0 Å². The van der Waals surface area contributed by atoms with E-state index in [1.165, 1.54) is 0 Å². The molecule has 0 saturated heterocycles. The average molecular weight is 460 g/mol. The van der Waals surface area contributed by atoms with Crippen LogP contribution in [0.15, 0.2) is 0 Å². The normalized spacial score (nSPS) is 14.9. The smallest absolute Gasteiger partial charge is 0.326 e.